The van der Waals surface area contributed by atoms with Crippen molar-refractivity contribution in [2.45, 2.75) is 26.5 Å². The van der Waals surface area contributed by atoms with Crippen LogP contribution in [0, 0.1) is 0 Å². The van der Waals surface area contributed by atoms with Gasteiger partial charge in [0.25, 0.3) is 0 Å². The molecule has 0 radical (unpaired) electrons. The first kappa shape index (κ1) is 13.9. The summed E-state index contributed by atoms with van der Waals surface area (Å²) in [6.07, 6.45) is 4.60. The number of hydrogen-bond donors (Lipinski definition) is 1. The van der Waals surface area contributed by atoms with E-state index in [4.69, 9.17) is 22.1 Å². The predicted octanol–water partition coefficient (Wildman–Crippen LogP) is 2.64. The van der Waals surface area contributed by atoms with Crippen LogP contribution in [0.3, 0.4) is 0 Å². The van der Waals surface area contributed by atoms with Crippen molar-refractivity contribution in [3.8, 4) is 5.75 Å². The second-order valence-electron chi connectivity index (χ2n) is 4.30. The average molecular weight is 280 g/mol. The van der Waals surface area contributed by atoms with E-state index in [1.165, 1.54) is 0 Å². The molecule has 0 aliphatic carbocycles. The van der Waals surface area contributed by atoms with Gasteiger partial charge in [-0.2, -0.15) is 5.10 Å². The van der Waals surface area contributed by atoms with Crippen molar-refractivity contribution in [3.05, 3.63) is 46.7 Å². The lowest BCUT2D eigenvalue weighted by atomic mass is 10.1. The largest absolute Gasteiger partial charge is 0.487 e. The highest BCUT2D eigenvalue weighted by atomic mass is 35.5. The van der Waals surface area contributed by atoms with Gasteiger partial charge in [0.2, 0.25) is 0 Å². The Morgan fingerprint density at radius 1 is 1.37 bits per heavy atom. The fourth-order valence-corrected chi connectivity index (χ4v) is 2.06. The summed E-state index contributed by atoms with van der Waals surface area (Å²) in [6, 6.07) is 5.78. The summed E-state index contributed by atoms with van der Waals surface area (Å²) in [5.74, 6) is 0.687. The van der Waals surface area contributed by atoms with Crippen LogP contribution in [0.2, 0.25) is 5.02 Å². The maximum Gasteiger partial charge on any atom is 0.138 e. The second-order valence-corrected chi connectivity index (χ2v) is 4.70. The number of aromatic nitrogens is 2. The van der Waals surface area contributed by atoms with E-state index in [1.807, 2.05) is 36.0 Å². The molecule has 0 aliphatic heterocycles. The van der Waals surface area contributed by atoms with Crippen molar-refractivity contribution in [2.75, 3.05) is 6.54 Å². The Hall–Kier alpha value is -1.52. The highest BCUT2D eigenvalue weighted by Gasteiger charge is 2.04. The van der Waals surface area contributed by atoms with E-state index < -0.39 is 0 Å². The minimum atomic E-state index is 0.468. The normalized spacial score (nSPS) is 10.7. The zero-order valence-corrected chi connectivity index (χ0v) is 11.7. The second kappa shape index (κ2) is 6.59. The first-order chi connectivity index (χ1) is 9.22. The van der Waals surface area contributed by atoms with Gasteiger partial charge in [-0.05, 0) is 37.6 Å². The molecule has 2 aromatic rings. The smallest absolute Gasteiger partial charge is 0.138 e. The maximum absolute atomic E-state index is 6.18. The van der Waals surface area contributed by atoms with E-state index in [-0.39, 0.29) is 0 Å². The summed E-state index contributed by atoms with van der Waals surface area (Å²) in [6.45, 7) is 3.99. The molecule has 0 aliphatic rings. The molecule has 1 aromatic carbocycles. The summed E-state index contributed by atoms with van der Waals surface area (Å²) in [7, 11) is 0. The van der Waals surface area contributed by atoms with Crippen LogP contribution in [-0.4, -0.2) is 16.3 Å². The first-order valence-corrected chi connectivity index (χ1v) is 6.73. The number of benzene rings is 1. The van der Waals surface area contributed by atoms with Gasteiger partial charge < -0.3 is 10.5 Å². The highest BCUT2D eigenvalue weighted by Crippen LogP contribution is 2.26. The summed E-state index contributed by atoms with van der Waals surface area (Å²) >= 11 is 6.18. The predicted molar refractivity (Wildman–Crippen MR) is 76.4 cm³/mol. The Morgan fingerprint density at radius 2 is 2.21 bits per heavy atom. The number of hydrogen-bond acceptors (Lipinski definition) is 3. The number of ether oxygens (including phenoxy) is 1. The zero-order chi connectivity index (χ0) is 13.7. The highest BCUT2D eigenvalue weighted by molar-refractivity contribution is 6.32. The van der Waals surface area contributed by atoms with Gasteiger partial charge in [0.15, 0.2) is 0 Å². The van der Waals surface area contributed by atoms with E-state index in [1.54, 1.807) is 6.20 Å². The quantitative estimate of drug-likeness (QED) is 0.884. The van der Waals surface area contributed by atoms with Crippen LogP contribution < -0.4 is 10.5 Å². The molecule has 0 fully saturated rings. The zero-order valence-electron chi connectivity index (χ0n) is 11.0. The van der Waals surface area contributed by atoms with Crippen LogP contribution >= 0.6 is 11.6 Å². The molecule has 1 heterocycles. The van der Waals surface area contributed by atoms with E-state index in [9.17, 15) is 0 Å². The van der Waals surface area contributed by atoms with Crippen LogP contribution in [0.5, 0.6) is 5.75 Å². The number of nitrogens with zero attached hydrogens (tertiary/aromatic N) is 2. The Labute approximate surface area is 118 Å². The summed E-state index contributed by atoms with van der Waals surface area (Å²) in [4.78, 5) is 0. The van der Waals surface area contributed by atoms with Gasteiger partial charge in [-0.15, -0.1) is 0 Å². The third-order valence-corrected chi connectivity index (χ3v) is 3.13. The van der Waals surface area contributed by atoms with Gasteiger partial charge in [0, 0.05) is 18.3 Å². The fourth-order valence-electron chi connectivity index (χ4n) is 1.80. The fraction of sp³-hybridized carbons (Fsp3) is 0.357. The SMILES string of the molecule is CCn1cc(COc2ccc(CCN)cc2Cl)cn1. The Balaban J connectivity index is 1.99. The lowest BCUT2D eigenvalue weighted by Gasteiger charge is -2.08. The number of halogens is 1. The molecule has 2 rings (SSSR count). The molecule has 2 N–H and O–H groups in total. The van der Waals surface area contributed by atoms with Crippen LogP contribution in [0.4, 0.5) is 0 Å². The van der Waals surface area contributed by atoms with E-state index in [2.05, 4.69) is 5.10 Å². The number of nitrogens with two attached hydrogens (primary N) is 1. The average Bonchev–Trinajstić information content (AvgIpc) is 2.86. The van der Waals surface area contributed by atoms with E-state index >= 15 is 0 Å². The standard InChI is InChI=1S/C14H18ClN3O/c1-2-18-9-12(8-17-18)10-19-14-4-3-11(5-6-16)7-13(14)15/h3-4,7-9H,2,5-6,10,16H2,1H3. The molecular weight excluding hydrogens is 262 g/mol. The topological polar surface area (TPSA) is 53.1 Å². The van der Waals surface area contributed by atoms with E-state index in [0.29, 0.717) is 23.9 Å². The van der Waals surface area contributed by atoms with Crippen LogP contribution in [0.25, 0.3) is 0 Å². The minimum absolute atomic E-state index is 0.468. The monoisotopic (exact) mass is 279 g/mol. The molecule has 0 saturated carbocycles. The summed E-state index contributed by atoms with van der Waals surface area (Å²) in [5.41, 5.74) is 7.67. The molecule has 102 valence electrons. The molecule has 1 aromatic heterocycles. The summed E-state index contributed by atoms with van der Waals surface area (Å²) in [5, 5.41) is 4.82. The van der Waals surface area contributed by atoms with Crippen LogP contribution in [0.15, 0.2) is 30.6 Å². The Bertz CT molecular complexity index is 539. The van der Waals surface area contributed by atoms with Gasteiger partial charge in [-0.25, -0.2) is 0 Å². The maximum atomic E-state index is 6.18. The minimum Gasteiger partial charge on any atom is -0.487 e. The third kappa shape index (κ3) is 3.72. The summed E-state index contributed by atoms with van der Waals surface area (Å²) < 4.78 is 7.56. The Morgan fingerprint density at radius 3 is 2.84 bits per heavy atom. The molecule has 0 bridgehead atoms. The molecule has 0 amide bonds. The van der Waals surface area contributed by atoms with Gasteiger partial charge in [0.1, 0.15) is 12.4 Å². The lowest BCUT2D eigenvalue weighted by Crippen LogP contribution is -2.03. The lowest BCUT2D eigenvalue weighted by molar-refractivity contribution is 0.306. The van der Waals surface area contributed by atoms with Crippen molar-refractivity contribution in [1.29, 1.82) is 0 Å². The van der Waals surface area contributed by atoms with Gasteiger partial charge in [-0.3, -0.25) is 4.68 Å². The molecule has 0 spiro atoms. The first-order valence-electron chi connectivity index (χ1n) is 6.35. The van der Waals surface area contributed by atoms with Crippen molar-refractivity contribution in [3.63, 3.8) is 0 Å². The van der Waals surface area contributed by atoms with Gasteiger partial charge in [0.05, 0.1) is 11.2 Å². The molecule has 19 heavy (non-hydrogen) atoms. The molecule has 0 unspecified atom stereocenters. The van der Waals surface area contributed by atoms with Crippen LogP contribution in [0.1, 0.15) is 18.1 Å². The van der Waals surface area contributed by atoms with Gasteiger partial charge >= 0.3 is 0 Å². The van der Waals surface area contributed by atoms with Crippen molar-refractivity contribution < 1.29 is 4.74 Å². The number of aryl methyl sites for hydroxylation is 1. The van der Waals surface area contributed by atoms with E-state index in [0.717, 1.165) is 24.1 Å². The van der Waals surface area contributed by atoms with Crippen molar-refractivity contribution in [1.82, 2.24) is 9.78 Å². The Kier molecular flexibility index (Phi) is 4.82. The number of rotatable bonds is 6. The van der Waals surface area contributed by atoms with Gasteiger partial charge in [-0.1, -0.05) is 17.7 Å². The van der Waals surface area contributed by atoms with Crippen LogP contribution in [-0.2, 0) is 19.6 Å². The molecule has 5 heteroatoms. The molecule has 0 atom stereocenters. The van der Waals surface area contributed by atoms with Crippen molar-refractivity contribution in [2.24, 2.45) is 5.73 Å². The third-order valence-electron chi connectivity index (χ3n) is 2.83. The van der Waals surface area contributed by atoms with Crippen molar-refractivity contribution >= 4 is 11.6 Å². The molecule has 0 saturated heterocycles. The molecular formula is C14H18ClN3O. The molecule has 4 nitrogen and oxygen atoms in total.